The van der Waals surface area contributed by atoms with Crippen molar-refractivity contribution in [2.24, 2.45) is 0 Å². The number of phosphoric acid groups is 1. The lowest BCUT2D eigenvalue weighted by molar-refractivity contribution is 0.0151. The van der Waals surface area contributed by atoms with Crippen molar-refractivity contribution in [3.05, 3.63) is 74.2 Å². The van der Waals surface area contributed by atoms with E-state index in [4.69, 9.17) is 40.7 Å². The van der Waals surface area contributed by atoms with Gasteiger partial charge in [-0.2, -0.15) is 0 Å². The van der Waals surface area contributed by atoms with Crippen molar-refractivity contribution < 1.29 is 50.1 Å². The quantitative estimate of drug-likeness (QED) is 0.160. The second-order valence-electron chi connectivity index (χ2n) is 8.98. The van der Waals surface area contributed by atoms with E-state index in [1.807, 2.05) is 25.1 Å². The molecule has 222 valence electrons. The van der Waals surface area contributed by atoms with Crippen molar-refractivity contribution in [3.8, 4) is 5.75 Å². The highest BCUT2D eigenvalue weighted by atomic mass is 31.2. The van der Waals surface area contributed by atoms with Crippen LogP contribution in [0, 0.1) is 13.8 Å². The average molecular weight is 596 g/mol. The lowest BCUT2D eigenvalue weighted by Gasteiger charge is -2.17. The van der Waals surface area contributed by atoms with Gasteiger partial charge in [0.25, 0.3) is 0 Å². The monoisotopic (exact) mass is 596 g/mol. The van der Waals surface area contributed by atoms with Crippen LogP contribution in [0.5, 0.6) is 5.75 Å². The number of benzene rings is 1. The molecular weight excluding hydrogens is 567 g/mol. The number of aryl methyl sites for hydroxylation is 2. The molecule has 0 bridgehead atoms. The van der Waals surface area contributed by atoms with Gasteiger partial charge < -0.3 is 32.0 Å². The molecule has 15 nitrogen and oxygen atoms in total. The first-order valence-electron chi connectivity index (χ1n) is 12.2. The minimum absolute atomic E-state index is 0.0649. The molecule has 0 saturated carbocycles. The van der Waals surface area contributed by atoms with Gasteiger partial charge >= 0.3 is 25.6 Å². The highest BCUT2D eigenvalue weighted by molar-refractivity contribution is 7.48. The maximum Gasteiger partial charge on any atom is 0.519 e. The molecule has 3 aromatic heterocycles. The van der Waals surface area contributed by atoms with Gasteiger partial charge in [0.15, 0.2) is 11.5 Å². The summed E-state index contributed by atoms with van der Waals surface area (Å²) in [4.78, 5) is 37.7. The summed E-state index contributed by atoms with van der Waals surface area (Å²) in [5.41, 5.74) is 1.45. The molecule has 0 aliphatic heterocycles. The van der Waals surface area contributed by atoms with Crippen LogP contribution in [0.15, 0.2) is 51.7 Å². The third-order valence-corrected chi connectivity index (χ3v) is 7.20. The Morgan fingerprint density at radius 3 is 2.07 bits per heavy atom. The SMILES string of the molecule is COc1ccc2c(c1)c(CCN(C)C)cn2C(=O)OCOP(=O)(OCc1oc(=O)oc1C)OCc1oc(=O)oc1C. The van der Waals surface area contributed by atoms with E-state index >= 15 is 0 Å². The fourth-order valence-corrected chi connectivity index (χ4v) is 4.67. The number of hydrogen-bond acceptors (Lipinski definition) is 14. The van der Waals surface area contributed by atoms with Gasteiger partial charge in [-0.25, -0.2) is 23.5 Å². The summed E-state index contributed by atoms with van der Waals surface area (Å²) in [6.07, 6.45) is 1.48. The Kier molecular flexibility index (Phi) is 9.35. The predicted octanol–water partition coefficient (Wildman–Crippen LogP) is 3.96. The van der Waals surface area contributed by atoms with Gasteiger partial charge in [0.05, 0.1) is 12.6 Å². The molecule has 41 heavy (non-hydrogen) atoms. The summed E-state index contributed by atoms with van der Waals surface area (Å²) in [6, 6.07) is 5.25. The standard InChI is InChI=1S/C25H29N2O13P/c1-15-21(39-24(29)37-15)12-34-41(31,35-13-22-16(2)38-25(30)40-22)36-14-33-23(28)27-11-17(8-9-26(3)4)19-10-18(32-5)6-7-20(19)27/h6-7,10-11H,8-9,12-14H2,1-5H3. The lowest BCUT2D eigenvalue weighted by atomic mass is 10.1. The number of ether oxygens (including phenoxy) is 2. The number of phosphoric ester groups is 1. The van der Waals surface area contributed by atoms with Crippen LogP contribution in [-0.2, 0) is 42.5 Å². The topological polar surface area (TPSA) is 175 Å². The highest BCUT2D eigenvalue weighted by Crippen LogP contribution is 2.51. The minimum Gasteiger partial charge on any atom is -0.497 e. The van der Waals surface area contributed by atoms with Crippen molar-refractivity contribution in [2.45, 2.75) is 33.5 Å². The second kappa shape index (κ2) is 12.7. The molecule has 0 spiro atoms. The largest absolute Gasteiger partial charge is 0.519 e. The van der Waals surface area contributed by atoms with Crippen molar-refractivity contribution in [2.75, 3.05) is 34.5 Å². The van der Waals surface area contributed by atoms with Gasteiger partial charge in [-0.3, -0.25) is 13.6 Å². The van der Waals surface area contributed by atoms with Gasteiger partial charge in [0, 0.05) is 18.1 Å². The fourth-order valence-electron chi connectivity index (χ4n) is 3.71. The molecule has 0 aliphatic carbocycles. The molecule has 0 saturated heterocycles. The van der Waals surface area contributed by atoms with Crippen LogP contribution >= 0.6 is 7.82 Å². The van der Waals surface area contributed by atoms with Gasteiger partial charge in [-0.05, 0) is 58.1 Å². The van der Waals surface area contributed by atoms with Crippen LogP contribution < -0.4 is 16.4 Å². The van der Waals surface area contributed by atoms with Gasteiger partial charge in [0.2, 0.25) is 6.79 Å². The van der Waals surface area contributed by atoms with Crippen LogP contribution in [0.25, 0.3) is 10.9 Å². The van der Waals surface area contributed by atoms with E-state index in [0.29, 0.717) is 17.7 Å². The first-order chi connectivity index (χ1) is 19.5. The molecule has 0 atom stereocenters. The molecule has 0 fully saturated rings. The number of fused-ring (bicyclic) bond motifs is 1. The minimum atomic E-state index is -4.51. The van der Waals surface area contributed by atoms with Crippen molar-refractivity contribution in [3.63, 3.8) is 0 Å². The molecule has 0 unspecified atom stereocenters. The van der Waals surface area contributed by atoms with Crippen LogP contribution in [0.3, 0.4) is 0 Å². The molecule has 1 aromatic carbocycles. The van der Waals surface area contributed by atoms with E-state index in [9.17, 15) is 18.9 Å². The summed E-state index contributed by atoms with van der Waals surface area (Å²) < 4.78 is 60.2. The molecule has 4 aromatic rings. The van der Waals surface area contributed by atoms with Gasteiger partial charge in [-0.15, -0.1) is 0 Å². The fraction of sp³-hybridized carbons (Fsp3) is 0.400. The van der Waals surface area contributed by atoms with Gasteiger partial charge in [-0.1, -0.05) is 0 Å². The van der Waals surface area contributed by atoms with E-state index < -0.39 is 45.6 Å². The summed E-state index contributed by atoms with van der Waals surface area (Å²) >= 11 is 0. The number of carbonyl (C=O) groups is 1. The van der Waals surface area contributed by atoms with Crippen LogP contribution in [-0.4, -0.2) is 50.1 Å². The summed E-state index contributed by atoms with van der Waals surface area (Å²) in [7, 11) is 0.923. The summed E-state index contributed by atoms with van der Waals surface area (Å²) in [5.74, 6) is -1.29. The van der Waals surface area contributed by atoms with Crippen LogP contribution in [0.2, 0.25) is 0 Å². The molecule has 4 rings (SSSR count). The Morgan fingerprint density at radius 1 is 0.951 bits per heavy atom. The molecule has 0 amide bonds. The molecule has 0 radical (unpaired) electrons. The normalized spacial score (nSPS) is 12.0. The van der Waals surface area contributed by atoms with E-state index in [2.05, 4.69) is 0 Å². The van der Waals surface area contributed by atoms with Crippen molar-refractivity contribution >= 4 is 24.8 Å². The van der Waals surface area contributed by atoms with Crippen LogP contribution in [0.1, 0.15) is 28.6 Å². The Bertz CT molecular complexity index is 1610. The smallest absolute Gasteiger partial charge is 0.497 e. The van der Waals surface area contributed by atoms with Gasteiger partial charge in [0.1, 0.15) is 30.5 Å². The molecule has 16 heteroatoms. The maximum atomic E-state index is 13.4. The second-order valence-corrected chi connectivity index (χ2v) is 10.6. The average Bonchev–Trinajstić information content (AvgIpc) is 3.57. The number of aromatic nitrogens is 1. The van der Waals surface area contributed by atoms with E-state index in [0.717, 1.165) is 17.5 Å². The molecule has 0 N–H and O–H groups in total. The number of rotatable bonds is 13. The molecule has 3 heterocycles. The zero-order valence-corrected chi connectivity index (χ0v) is 23.9. The number of nitrogens with zero attached hydrogens (tertiary/aromatic N) is 2. The third kappa shape index (κ3) is 7.45. The van der Waals surface area contributed by atoms with E-state index in [-0.39, 0.29) is 23.0 Å². The Balaban J connectivity index is 1.49. The maximum absolute atomic E-state index is 13.4. The van der Waals surface area contributed by atoms with Crippen molar-refractivity contribution in [1.29, 1.82) is 0 Å². The Morgan fingerprint density at radius 2 is 1.56 bits per heavy atom. The third-order valence-electron chi connectivity index (χ3n) is 5.89. The first-order valence-corrected chi connectivity index (χ1v) is 13.7. The number of carbonyl (C=O) groups excluding carboxylic acids is 1. The van der Waals surface area contributed by atoms with E-state index in [1.165, 1.54) is 18.4 Å². The lowest BCUT2D eigenvalue weighted by Crippen LogP contribution is -2.16. The highest BCUT2D eigenvalue weighted by Gasteiger charge is 2.31. The Hall–Kier alpha value is -3.88. The molecule has 0 aliphatic rings. The number of hydrogen-bond donors (Lipinski definition) is 0. The summed E-state index contributed by atoms with van der Waals surface area (Å²) in [5, 5.41) is 0.801. The van der Waals surface area contributed by atoms with E-state index in [1.54, 1.807) is 25.4 Å². The molecular formula is C25H29N2O13P. The zero-order valence-electron chi connectivity index (χ0n) is 23.0. The number of likely N-dealkylation sites (N-methyl/N-ethyl adjacent to an activating group) is 1. The van der Waals surface area contributed by atoms with Crippen LogP contribution in [0.4, 0.5) is 4.79 Å². The number of methoxy groups -OCH3 is 1. The van der Waals surface area contributed by atoms with Crippen molar-refractivity contribution in [1.82, 2.24) is 9.47 Å². The zero-order chi connectivity index (χ0) is 29.7. The first kappa shape index (κ1) is 30.1. The summed E-state index contributed by atoms with van der Waals surface area (Å²) in [6.45, 7) is 1.67. The predicted molar refractivity (Wildman–Crippen MR) is 140 cm³/mol. The Labute approximate surface area is 232 Å².